The lowest BCUT2D eigenvalue weighted by atomic mass is 10.1. The minimum atomic E-state index is -0.200. The first kappa shape index (κ1) is 21.0. The highest BCUT2D eigenvalue weighted by Gasteiger charge is 2.18. The van der Waals surface area contributed by atoms with Crippen molar-refractivity contribution in [3.05, 3.63) is 54.1 Å². The number of anilines is 1. The number of piperazine rings is 1. The summed E-state index contributed by atoms with van der Waals surface area (Å²) in [5.41, 5.74) is 1.11. The first-order valence-corrected chi connectivity index (χ1v) is 10.2. The number of nitrogens with zero attached hydrogens (tertiary/aromatic N) is 5. The lowest BCUT2D eigenvalue weighted by molar-refractivity contribution is 0.254. The van der Waals surface area contributed by atoms with Crippen molar-refractivity contribution in [3.63, 3.8) is 0 Å². The third-order valence-electron chi connectivity index (χ3n) is 4.99. The van der Waals surface area contributed by atoms with Gasteiger partial charge in [-0.15, -0.1) is 0 Å². The third kappa shape index (κ3) is 6.98. The summed E-state index contributed by atoms with van der Waals surface area (Å²) in [5, 5.41) is 6.67. The topological polar surface area (TPSA) is 68.7 Å². The van der Waals surface area contributed by atoms with Gasteiger partial charge >= 0.3 is 0 Å². The van der Waals surface area contributed by atoms with E-state index >= 15 is 0 Å². The number of guanidine groups is 1. The van der Waals surface area contributed by atoms with E-state index in [9.17, 15) is 4.39 Å². The van der Waals surface area contributed by atoms with E-state index in [4.69, 9.17) is 0 Å². The van der Waals surface area contributed by atoms with E-state index in [0.717, 1.165) is 76.1 Å². The standard InChI is InChI=1S/C21H30FN7/c1-23-20(25-12-8-18-4-6-19(22)7-5-18)24-11-3-13-28-14-16-29(17-15-28)21-26-9-2-10-27-21/h2,4-7,9-10H,3,8,11-17H2,1H3,(H2,23,24,25). The van der Waals surface area contributed by atoms with Crippen LogP contribution < -0.4 is 15.5 Å². The van der Waals surface area contributed by atoms with Gasteiger partial charge in [0.05, 0.1) is 0 Å². The van der Waals surface area contributed by atoms with Crippen LogP contribution in [0.5, 0.6) is 0 Å². The average molecular weight is 400 g/mol. The Balaban J connectivity index is 1.27. The van der Waals surface area contributed by atoms with Crippen LogP contribution in [0.1, 0.15) is 12.0 Å². The second kappa shape index (κ2) is 11.3. The Bertz CT molecular complexity index is 743. The fourth-order valence-electron chi connectivity index (χ4n) is 3.33. The normalized spacial score (nSPS) is 15.4. The van der Waals surface area contributed by atoms with Gasteiger partial charge in [0.15, 0.2) is 5.96 Å². The van der Waals surface area contributed by atoms with E-state index in [-0.39, 0.29) is 5.82 Å². The van der Waals surface area contributed by atoms with E-state index in [2.05, 4.69) is 35.4 Å². The van der Waals surface area contributed by atoms with Crippen LogP contribution in [-0.2, 0) is 6.42 Å². The number of benzene rings is 1. The lowest BCUT2D eigenvalue weighted by Crippen LogP contribution is -2.47. The number of aromatic nitrogens is 2. The van der Waals surface area contributed by atoms with Crippen LogP contribution in [0.15, 0.2) is 47.7 Å². The number of aliphatic imine (C=N–C) groups is 1. The maximum atomic E-state index is 12.9. The molecule has 1 aromatic heterocycles. The van der Waals surface area contributed by atoms with Gasteiger partial charge in [0.2, 0.25) is 5.95 Å². The van der Waals surface area contributed by atoms with Crippen LogP contribution in [0.2, 0.25) is 0 Å². The van der Waals surface area contributed by atoms with Crippen molar-refractivity contribution >= 4 is 11.9 Å². The van der Waals surface area contributed by atoms with E-state index in [1.165, 1.54) is 12.1 Å². The van der Waals surface area contributed by atoms with E-state index < -0.39 is 0 Å². The van der Waals surface area contributed by atoms with Gasteiger partial charge in [-0.25, -0.2) is 14.4 Å². The minimum absolute atomic E-state index is 0.200. The first-order chi connectivity index (χ1) is 14.2. The van der Waals surface area contributed by atoms with E-state index in [1.807, 2.05) is 18.2 Å². The molecule has 7 nitrogen and oxygen atoms in total. The summed E-state index contributed by atoms with van der Waals surface area (Å²) < 4.78 is 12.9. The molecule has 2 N–H and O–H groups in total. The smallest absolute Gasteiger partial charge is 0.225 e. The van der Waals surface area contributed by atoms with E-state index in [0.29, 0.717) is 0 Å². The molecule has 156 valence electrons. The molecule has 0 unspecified atom stereocenters. The average Bonchev–Trinajstić information content (AvgIpc) is 2.78. The number of hydrogen-bond donors (Lipinski definition) is 2. The molecule has 1 aliphatic heterocycles. The Hall–Kier alpha value is -2.74. The maximum Gasteiger partial charge on any atom is 0.225 e. The number of hydrogen-bond acceptors (Lipinski definition) is 5. The minimum Gasteiger partial charge on any atom is -0.356 e. The summed E-state index contributed by atoms with van der Waals surface area (Å²) in [6.45, 7) is 6.68. The highest BCUT2D eigenvalue weighted by Crippen LogP contribution is 2.09. The fraction of sp³-hybridized carbons (Fsp3) is 0.476. The highest BCUT2D eigenvalue weighted by molar-refractivity contribution is 5.79. The highest BCUT2D eigenvalue weighted by atomic mass is 19.1. The molecule has 1 fully saturated rings. The number of halogens is 1. The van der Waals surface area contributed by atoms with Crippen LogP contribution >= 0.6 is 0 Å². The summed E-state index contributed by atoms with van der Waals surface area (Å²) in [6, 6.07) is 8.47. The molecule has 3 rings (SSSR count). The Morgan fingerprint density at radius 1 is 1.03 bits per heavy atom. The van der Waals surface area contributed by atoms with Gasteiger partial charge < -0.3 is 15.5 Å². The van der Waals surface area contributed by atoms with Gasteiger partial charge in [0.1, 0.15) is 5.82 Å². The van der Waals surface area contributed by atoms with Gasteiger partial charge in [-0.1, -0.05) is 12.1 Å². The van der Waals surface area contributed by atoms with Crippen molar-refractivity contribution in [1.82, 2.24) is 25.5 Å². The van der Waals surface area contributed by atoms with Crippen molar-refractivity contribution in [2.24, 2.45) is 4.99 Å². The van der Waals surface area contributed by atoms with Crippen molar-refractivity contribution in [2.45, 2.75) is 12.8 Å². The predicted octanol–water partition coefficient (Wildman–Crippen LogP) is 1.54. The quantitative estimate of drug-likeness (QED) is 0.399. The molecular formula is C21H30FN7. The zero-order valence-corrected chi connectivity index (χ0v) is 17.0. The fourth-order valence-corrected chi connectivity index (χ4v) is 3.33. The molecule has 29 heavy (non-hydrogen) atoms. The molecule has 0 bridgehead atoms. The molecule has 1 aromatic carbocycles. The van der Waals surface area contributed by atoms with Crippen LogP contribution in [-0.4, -0.2) is 73.7 Å². The molecule has 0 saturated carbocycles. The maximum absolute atomic E-state index is 12.9. The molecule has 8 heteroatoms. The summed E-state index contributed by atoms with van der Waals surface area (Å²) in [6.07, 6.45) is 5.47. The Morgan fingerprint density at radius 2 is 1.72 bits per heavy atom. The number of rotatable bonds is 8. The zero-order valence-electron chi connectivity index (χ0n) is 17.0. The zero-order chi connectivity index (χ0) is 20.3. The summed E-state index contributed by atoms with van der Waals surface area (Å²) in [4.78, 5) is 17.6. The summed E-state index contributed by atoms with van der Waals surface area (Å²) in [7, 11) is 1.78. The SMILES string of the molecule is CN=C(NCCCN1CCN(c2ncccn2)CC1)NCCc1ccc(F)cc1. The molecule has 1 saturated heterocycles. The summed E-state index contributed by atoms with van der Waals surface area (Å²) >= 11 is 0. The van der Waals surface area contributed by atoms with Gasteiger partial charge in [0, 0.05) is 58.7 Å². The van der Waals surface area contributed by atoms with Crippen molar-refractivity contribution in [1.29, 1.82) is 0 Å². The van der Waals surface area contributed by atoms with Crippen LogP contribution in [0.3, 0.4) is 0 Å². The van der Waals surface area contributed by atoms with Gasteiger partial charge in [-0.2, -0.15) is 0 Å². The second-order valence-electron chi connectivity index (χ2n) is 7.03. The predicted molar refractivity (Wildman–Crippen MR) is 115 cm³/mol. The molecule has 0 atom stereocenters. The largest absolute Gasteiger partial charge is 0.356 e. The van der Waals surface area contributed by atoms with Crippen molar-refractivity contribution < 1.29 is 4.39 Å². The number of nitrogens with one attached hydrogen (secondary N) is 2. The van der Waals surface area contributed by atoms with Gasteiger partial charge in [-0.05, 0) is 43.1 Å². The molecule has 1 aliphatic rings. The van der Waals surface area contributed by atoms with Crippen LogP contribution in [0.4, 0.5) is 10.3 Å². The van der Waals surface area contributed by atoms with E-state index in [1.54, 1.807) is 19.4 Å². The Labute approximate surface area is 172 Å². The van der Waals surface area contributed by atoms with Crippen LogP contribution in [0.25, 0.3) is 0 Å². The Kier molecular flexibility index (Phi) is 8.18. The monoisotopic (exact) mass is 399 g/mol. The second-order valence-corrected chi connectivity index (χ2v) is 7.03. The molecule has 0 radical (unpaired) electrons. The molecule has 0 amide bonds. The lowest BCUT2D eigenvalue weighted by Gasteiger charge is -2.34. The van der Waals surface area contributed by atoms with Gasteiger partial charge in [0.25, 0.3) is 0 Å². The van der Waals surface area contributed by atoms with Gasteiger partial charge in [-0.3, -0.25) is 9.89 Å². The Morgan fingerprint density at radius 3 is 2.41 bits per heavy atom. The molecule has 2 heterocycles. The van der Waals surface area contributed by atoms with Crippen molar-refractivity contribution in [3.8, 4) is 0 Å². The summed E-state index contributed by atoms with van der Waals surface area (Å²) in [5.74, 6) is 1.43. The van der Waals surface area contributed by atoms with Crippen LogP contribution in [0, 0.1) is 5.82 Å². The first-order valence-electron chi connectivity index (χ1n) is 10.2. The molecule has 0 aliphatic carbocycles. The molecule has 2 aromatic rings. The molecular weight excluding hydrogens is 369 g/mol. The third-order valence-corrected chi connectivity index (χ3v) is 4.99. The van der Waals surface area contributed by atoms with Crippen molar-refractivity contribution in [2.75, 3.05) is 57.8 Å². The molecule has 0 spiro atoms.